The number of hydrogen-bond acceptors (Lipinski definition) is 2. The Labute approximate surface area is 130 Å². The maximum absolute atomic E-state index is 12.7. The van der Waals surface area contributed by atoms with E-state index in [0.29, 0.717) is 5.69 Å². The number of carbonyl (C=O) groups is 1. The minimum absolute atomic E-state index is 0.0192. The van der Waals surface area contributed by atoms with Gasteiger partial charge in [0.2, 0.25) is 0 Å². The summed E-state index contributed by atoms with van der Waals surface area (Å²) in [5.41, 5.74) is 0.585. The summed E-state index contributed by atoms with van der Waals surface area (Å²) in [5.74, 6) is -0.618. The van der Waals surface area contributed by atoms with Crippen molar-refractivity contribution >= 4 is 23.2 Å². The van der Waals surface area contributed by atoms with E-state index in [9.17, 15) is 18.0 Å². The quantitative estimate of drug-likeness (QED) is 0.873. The summed E-state index contributed by atoms with van der Waals surface area (Å²) >= 11 is 5.84. The lowest BCUT2D eigenvalue weighted by Gasteiger charge is -2.12. The molecule has 7 heteroatoms. The molecule has 0 aliphatic rings. The zero-order valence-corrected chi connectivity index (χ0v) is 12.5. The van der Waals surface area contributed by atoms with Gasteiger partial charge in [-0.05, 0) is 49.7 Å². The zero-order chi connectivity index (χ0) is 16.5. The number of aromatic nitrogens is 1. The first-order chi connectivity index (χ1) is 10.2. The second-order valence-electron chi connectivity index (χ2n) is 4.82. The summed E-state index contributed by atoms with van der Waals surface area (Å²) in [5, 5.41) is 2.38. The number of benzene rings is 1. The van der Waals surface area contributed by atoms with Crippen molar-refractivity contribution in [1.29, 1.82) is 0 Å². The van der Waals surface area contributed by atoms with E-state index in [1.54, 1.807) is 26.0 Å². The Morgan fingerprint density at radius 1 is 1.18 bits per heavy atom. The molecule has 22 heavy (non-hydrogen) atoms. The van der Waals surface area contributed by atoms with Crippen LogP contribution in [-0.2, 0) is 6.18 Å². The van der Waals surface area contributed by atoms with Crippen LogP contribution < -0.4 is 5.32 Å². The zero-order valence-electron chi connectivity index (χ0n) is 11.8. The summed E-state index contributed by atoms with van der Waals surface area (Å²) in [6.45, 7) is 3.52. The van der Waals surface area contributed by atoms with Crippen LogP contribution in [0.5, 0.6) is 0 Å². The fourth-order valence-corrected chi connectivity index (χ4v) is 2.11. The molecule has 0 saturated heterocycles. The highest BCUT2D eigenvalue weighted by Crippen LogP contribution is 2.33. The highest BCUT2D eigenvalue weighted by atomic mass is 35.5. The molecule has 0 fully saturated rings. The van der Waals surface area contributed by atoms with Gasteiger partial charge in [-0.25, -0.2) is 4.98 Å². The Morgan fingerprint density at radius 3 is 2.45 bits per heavy atom. The highest BCUT2D eigenvalue weighted by Gasteiger charge is 2.31. The van der Waals surface area contributed by atoms with E-state index in [-0.39, 0.29) is 16.4 Å². The van der Waals surface area contributed by atoms with Gasteiger partial charge >= 0.3 is 6.18 Å². The Balaban J connectivity index is 2.32. The molecule has 0 bridgehead atoms. The Hall–Kier alpha value is -2.08. The number of hydrogen-bond donors (Lipinski definition) is 1. The highest BCUT2D eigenvalue weighted by molar-refractivity contribution is 6.33. The minimum atomic E-state index is -4.51. The van der Waals surface area contributed by atoms with E-state index in [1.165, 1.54) is 0 Å². The number of nitrogens with one attached hydrogen (secondary N) is 1. The molecule has 1 amide bonds. The van der Waals surface area contributed by atoms with Crippen molar-refractivity contribution in [3.8, 4) is 0 Å². The van der Waals surface area contributed by atoms with E-state index in [0.717, 1.165) is 23.8 Å². The molecule has 0 aliphatic carbocycles. The molecular formula is C15H12ClF3N2O. The normalized spacial score (nSPS) is 11.4. The van der Waals surface area contributed by atoms with Crippen LogP contribution in [0.2, 0.25) is 5.02 Å². The van der Waals surface area contributed by atoms with Crippen molar-refractivity contribution in [2.24, 2.45) is 0 Å². The van der Waals surface area contributed by atoms with Crippen molar-refractivity contribution < 1.29 is 18.0 Å². The molecular weight excluding hydrogens is 317 g/mol. The van der Waals surface area contributed by atoms with Gasteiger partial charge in [-0.3, -0.25) is 4.79 Å². The summed E-state index contributed by atoms with van der Waals surface area (Å²) in [6, 6.07) is 6.07. The van der Waals surface area contributed by atoms with Gasteiger partial charge in [0.15, 0.2) is 0 Å². The molecule has 1 N–H and O–H groups in total. The van der Waals surface area contributed by atoms with Gasteiger partial charge < -0.3 is 5.32 Å². The second-order valence-corrected chi connectivity index (χ2v) is 5.22. The molecule has 1 aromatic heterocycles. The van der Waals surface area contributed by atoms with E-state index in [4.69, 9.17) is 11.6 Å². The van der Waals surface area contributed by atoms with Gasteiger partial charge in [0.25, 0.3) is 5.91 Å². The molecule has 0 aliphatic heterocycles. The number of alkyl halides is 3. The van der Waals surface area contributed by atoms with Gasteiger partial charge in [0.05, 0.1) is 16.3 Å². The smallest absolute Gasteiger partial charge is 0.319 e. The summed E-state index contributed by atoms with van der Waals surface area (Å²) < 4.78 is 38.1. The fraction of sp³-hybridized carbons (Fsp3) is 0.200. The van der Waals surface area contributed by atoms with Gasteiger partial charge in [-0.2, -0.15) is 13.2 Å². The third kappa shape index (κ3) is 3.76. The van der Waals surface area contributed by atoms with Crippen LogP contribution in [0.1, 0.15) is 27.3 Å². The fourth-order valence-electron chi connectivity index (χ4n) is 1.94. The van der Waals surface area contributed by atoms with Crippen molar-refractivity contribution in [3.05, 3.63) is 57.9 Å². The topological polar surface area (TPSA) is 42.0 Å². The van der Waals surface area contributed by atoms with Crippen LogP contribution in [0.3, 0.4) is 0 Å². The number of halogens is 4. The van der Waals surface area contributed by atoms with Crippen molar-refractivity contribution in [2.75, 3.05) is 5.32 Å². The predicted molar refractivity (Wildman–Crippen MR) is 78.1 cm³/mol. The first-order valence-corrected chi connectivity index (χ1v) is 6.68. The van der Waals surface area contributed by atoms with Crippen molar-refractivity contribution in [2.45, 2.75) is 20.0 Å². The van der Waals surface area contributed by atoms with Gasteiger partial charge in [-0.1, -0.05) is 11.6 Å². The first kappa shape index (κ1) is 16.3. The van der Waals surface area contributed by atoms with E-state index < -0.39 is 17.6 Å². The average molecular weight is 329 g/mol. The molecule has 2 aromatic rings. The summed E-state index contributed by atoms with van der Waals surface area (Å²) in [7, 11) is 0. The molecule has 116 valence electrons. The molecule has 0 unspecified atom stereocenters. The minimum Gasteiger partial charge on any atom is -0.319 e. The van der Waals surface area contributed by atoms with Crippen molar-refractivity contribution in [3.63, 3.8) is 0 Å². The molecule has 0 spiro atoms. The molecule has 0 saturated carbocycles. The maximum Gasteiger partial charge on any atom is 0.416 e. The van der Waals surface area contributed by atoms with Gasteiger partial charge in [-0.15, -0.1) is 0 Å². The van der Waals surface area contributed by atoms with Crippen LogP contribution in [0.15, 0.2) is 30.3 Å². The number of anilines is 1. The lowest BCUT2D eigenvalue weighted by molar-refractivity contribution is -0.137. The number of aryl methyl sites for hydroxylation is 2. The first-order valence-electron chi connectivity index (χ1n) is 6.30. The molecule has 1 aromatic carbocycles. The molecule has 2 rings (SSSR count). The Bertz CT molecular complexity index is 709. The average Bonchev–Trinajstić information content (AvgIpc) is 2.38. The van der Waals surface area contributed by atoms with Crippen LogP contribution in [-0.4, -0.2) is 10.9 Å². The maximum atomic E-state index is 12.7. The van der Waals surface area contributed by atoms with E-state index in [1.807, 2.05) is 0 Å². The van der Waals surface area contributed by atoms with Crippen LogP contribution >= 0.6 is 11.6 Å². The molecule has 0 atom stereocenters. The van der Waals surface area contributed by atoms with Crippen LogP contribution in [0, 0.1) is 13.8 Å². The SMILES string of the molecule is Cc1cc(C)nc(C(=O)Nc2cc(C(F)(F)F)ccc2Cl)c1. The van der Waals surface area contributed by atoms with Crippen molar-refractivity contribution in [1.82, 2.24) is 4.98 Å². The van der Waals surface area contributed by atoms with E-state index >= 15 is 0 Å². The van der Waals surface area contributed by atoms with Gasteiger partial charge in [0, 0.05) is 5.69 Å². The monoisotopic (exact) mass is 328 g/mol. The van der Waals surface area contributed by atoms with E-state index in [2.05, 4.69) is 10.3 Å². The number of pyridine rings is 1. The lowest BCUT2D eigenvalue weighted by Crippen LogP contribution is -2.15. The molecule has 0 radical (unpaired) electrons. The van der Waals surface area contributed by atoms with Gasteiger partial charge in [0.1, 0.15) is 5.69 Å². The summed E-state index contributed by atoms with van der Waals surface area (Å²) in [4.78, 5) is 16.2. The second kappa shape index (κ2) is 5.96. The third-order valence-corrected chi connectivity index (χ3v) is 3.20. The number of amides is 1. The molecule has 3 nitrogen and oxygen atoms in total. The standard InChI is InChI=1S/C15H12ClF3N2O/c1-8-5-9(2)20-13(6-8)14(22)21-12-7-10(15(17,18)19)3-4-11(12)16/h3-7H,1-2H3,(H,21,22). The number of nitrogens with zero attached hydrogens (tertiary/aromatic N) is 1. The number of rotatable bonds is 2. The Kier molecular flexibility index (Phi) is 4.42. The Morgan fingerprint density at radius 2 is 1.86 bits per heavy atom. The predicted octanol–water partition coefficient (Wildman–Crippen LogP) is 4.62. The third-order valence-electron chi connectivity index (χ3n) is 2.87. The lowest BCUT2D eigenvalue weighted by atomic mass is 10.1. The summed E-state index contributed by atoms with van der Waals surface area (Å²) in [6.07, 6.45) is -4.51. The number of carbonyl (C=O) groups excluding carboxylic acids is 1. The molecule has 1 heterocycles. The van der Waals surface area contributed by atoms with Crippen LogP contribution in [0.25, 0.3) is 0 Å². The largest absolute Gasteiger partial charge is 0.416 e. The van der Waals surface area contributed by atoms with Crippen LogP contribution in [0.4, 0.5) is 18.9 Å².